The molecule has 0 fully saturated rings. The summed E-state index contributed by atoms with van der Waals surface area (Å²) in [4.78, 5) is 29.5. The first-order chi connectivity index (χ1) is 19.6. The van der Waals surface area contributed by atoms with Gasteiger partial charge in [0.15, 0.2) is 0 Å². The average molecular weight is 580 g/mol. The lowest BCUT2D eigenvalue weighted by Gasteiger charge is -2.34. The van der Waals surface area contributed by atoms with Gasteiger partial charge >= 0.3 is 0 Å². The molecule has 3 rings (SSSR count). The molecule has 0 aliphatic carbocycles. The smallest absolute Gasteiger partial charge is 0.244 e. The monoisotopic (exact) mass is 579 g/mol. The maximum atomic E-state index is 14.2. The largest absolute Gasteiger partial charge is 0.497 e. The number of benzene rings is 3. The first-order valence-electron chi connectivity index (χ1n) is 13.9. The van der Waals surface area contributed by atoms with E-state index < -0.39 is 28.5 Å². The topological polar surface area (TPSA) is 96.0 Å². The molecule has 0 saturated heterocycles. The van der Waals surface area contributed by atoms with E-state index in [1.807, 2.05) is 81.4 Å². The lowest BCUT2D eigenvalue weighted by atomic mass is 10.0. The number of hydrogen-bond acceptors (Lipinski definition) is 5. The van der Waals surface area contributed by atoms with Crippen LogP contribution in [0, 0.1) is 0 Å². The van der Waals surface area contributed by atoms with Gasteiger partial charge in [0.05, 0.1) is 19.1 Å². The molecule has 0 spiro atoms. The number of rotatable bonds is 14. The van der Waals surface area contributed by atoms with E-state index in [0.29, 0.717) is 17.9 Å². The average Bonchev–Trinajstić information content (AvgIpc) is 2.97. The van der Waals surface area contributed by atoms with Crippen LogP contribution in [0.25, 0.3) is 0 Å². The molecule has 0 bridgehead atoms. The molecule has 0 aromatic heterocycles. The van der Waals surface area contributed by atoms with E-state index in [2.05, 4.69) is 5.32 Å². The lowest BCUT2D eigenvalue weighted by Crippen LogP contribution is -2.54. The summed E-state index contributed by atoms with van der Waals surface area (Å²) in [5.74, 6) is -0.156. The molecule has 2 amide bonds. The molecule has 2 atom stereocenters. The summed E-state index contributed by atoms with van der Waals surface area (Å²) in [6.45, 7) is 5.48. The molecule has 220 valence electrons. The van der Waals surface area contributed by atoms with Crippen LogP contribution in [-0.4, -0.2) is 57.1 Å². The molecule has 41 heavy (non-hydrogen) atoms. The Bertz CT molecular complexity index is 1410. The third kappa shape index (κ3) is 8.82. The van der Waals surface area contributed by atoms with Gasteiger partial charge in [0.25, 0.3) is 0 Å². The number of methoxy groups -OCH3 is 1. The van der Waals surface area contributed by atoms with Crippen molar-refractivity contribution in [2.75, 3.05) is 24.2 Å². The van der Waals surface area contributed by atoms with E-state index in [-0.39, 0.29) is 24.9 Å². The van der Waals surface area contributed by atoms with Crippen molar-refractivity contribution in [3.63, 3.8) is 0 Å². The van der Waals surface area contributed by atoms with Crippen molar-refractivity contribution >= 4 is 27.5 Å². The Morgan fingerprint density at radius 2 is 1.59 bits per heavy atom. The maximum Gasteiger partial charge on any atom is 0.244 e. The number of nitrogens with one attached hydrogen (secondary N) is 1. The number of sulfonamides is 1. The zero-order valence-electron chi connectivity index (χ0n) is 24.5. The van der Waals surface area contributed by atoms with Crippen LogP contribution in [0.1, 0.15) is 43.9 Å². The van der Waals surface area contributed by atoms with Crippen LogP contribution in [0.3, 0.4) is 0 Å². The maximum absolute atomic E-state index is 14.2. The molecule has 9 heteroatoms. The molecule has 3 aromatic rings. The van der Waals surface area contributed by atoms with Crippen LogP contribution in [-0.2, 0) is 39.0 Å². The number of ether oxygens (including phenoxy) is 1. The predicted molar refractivity (Wildman–Crippen MR) is 163 cm³/mol. The summed E-state index contributed by atoms with van der Waals surface area (Å²) in [5, 5.41) is 3.04. The van der Waals surface area contributed by atoms with Gasteiger partial charge in [0, 0.05) is 19.0 Å². The standard InChI is InChI=1S/C32H41N3O5S/c1-6-24(3)33-32(37)30(21-25-14-9-8-10-15-25)34(22-26-16-13-18-28(20-26)40-4)31(36)23-35(41(5,38)39)29-19-12-11-17-27(29)7-2/h8-20,24,30H,6-7,21-23H2,1-5H3,(H,33,37). The van der Waals surface area contributed by atoms with E-state index in [9.17, 15) is 18.0 Å². The fourth-order valence-electron chi connectivity index (χ4n) is 4.61. The van der Waals surface area contributed by atoms with Crippen molar-refractivity contribution in [2.45, 2.75) is 58.7 Å². The Morgan fingerprint density at radius 1 is 0.927 bits per heavy atom. The zero-order valence-corrected chi connectivity index (χ0v) is 25.4. The van der Waals surface area contributed by atoms with Gasteiger partial charge in [-0.1, -0.05) is 74.5 Å². The van der Waals surface area contributed by atoms with Gasteiger partial charge < -0.3 is 15.0 Å². The van der Waals surface area contributed by atoms with Gasteiger partial charge in [-0.05, 0) is 54.7 Å². The molecule has 0 saturated carbocycles. The van der Waals surface area contributed by atoms with Crippen molar-refractivity contribution in [3.8, 4) is 5.75 Å². The van der Waals surface area contributed by atoms with Crippen LogP contribution >= 0.6 is 0 Å². The summed E-state index contributed by atoms with van der Waals surface area (Å²) in [6.07, 6.45) is 2.68. The molecule has 2 unspecified atom stereocenters. The molecule has 8 nitrogen and oxygen atoms in total. The van der Waals surface area contributed by atoms with Crippen molar-refractivity contribution in [3.05, 3.63) is 95.6 Å². The second kappa shape index (κ2) is 14.7. The number of para-hydroxylation sites is 1. The van der Waals surface area contributed by atoms with Gasteiger partial charge in [-0.3, -0.25) is 13.9 Å². The molecule has 0 radical (unpaired) electrons. The fraction of sp³-hybridized carbons (Fsp3) is 0.375. The summed E-state index contributed by atoms with van der Waals surface area (Å²) >= 11 is 0. The fourth-order valence-corrected chi connectivity index (χ4v) is 5.49. The summed E-state index contributed by atoms with van der Waals surface area (Å²) < 4.78 is 32.6. The minimum atomic E-state index is -3.83. The highest BCUT2D eigenvalue weighted by atomic mass is 32.2. The molecule has 0 aliphatic rings. The number of amides is 2. The summed E-state index contributed by atoms with van der Waals surface area (Å²) in [7, 11) is -2.26. The van der Waals surface area contributed by atoms with Crippen LogP contribution in [0.4, 0.5) is 5.69 Å². The van der Waals surface area contributed by atoms with E-state index in [1.54, 1.807) is 25.3 Å². The lowest BCUT2D eigenvalue weighted by molar-refractivity contribution is -0.140. The normalized spacial score (nSPS) is 12.7. The van der Waals surface area contributed by atoms with Crippen molar-refractivity contribution < 1.29 is 22.7 Å². The summed E-state index contributed by atoms with van der Waals surface area (Å²) in [6, 6.07) is 23.0. The Morgan fingerprint density at radius 3 is 2.22 bits per heavy atom. The van der Waals surface area contributed by atoms with Gasteiger partial charge in [-0.15, -0.1) is 0 Å². The first kappa shape index (κ1) is 31.7. The quantitative estimate of drug-likeness (QED) is 0.302. The Labute approximate surface area is 244 Å². The van der Waals surface area contributed by atoms with Gasteiger partial charge in [0.2, 0.25) is 21.8 Å². The van der Waals surface area contributed by atoms with Crippen molar-refractivity contribution in [1.29, 1.82) is 0 Å². The third-order valence-electron chi connectivity index (χ3n) is 7.08. The van der Waals surface area contributed by atoms with Crippen LogP contribution in [0.15, 0.2) is 78.9 Å². The molecule has 0 heterocycles. The van der Waals surface area contributed by atoms with E-state index in [0.717, 1.165) is 33.7 Å². The number of anilines is 1. The molecule has 3 aromatic carbocycles. The van der Waals surface area contributed by atoms with E-state index in [4.69, 9.17) is 4.74 Å². The van der Waals surface area contributed by atoms with Crippen LogP contribution in [0.2, 0.25) is 0 Å². The van der Waals surface area contributed by atoms with Gasteiger partial charge in [0.1, 0.15) is 18.3 Å². The highest BCUT2D eigenvalue weighted by Gasteiger charge is 2.33. The minimum Gasteiger partial charge on any atom is -0.497 e. The van der Waals surface area contributed by atoms with Gasteiger partial charge in [-0.2, -0.15) is 0 Å². The van der Waals surface area contributed by atoms with Crippen LogP contribution < -0.4 is 14.4 Å². The third-order valence-corrected chi connectivity index (χ3v) is 8.21. The number of aryl methyl sites for hydroxylation is 1. The SMILES string of the molecule is CCc1ccccc1N(CC(=O)N(Cc1cccc(OC)c1)C(Cc1ccccc1)C(=O)NC(C)CC)S(C)(=O)=O. The highest BCUT2D eigenvalue weighted by molar-refractivity contribution is 7.92. The van der Waals surface area contributed by atoms with E-state index in [1.165, 1.54) is 4.90 Å². The number of carbonyl (C=O) groups is 2. The van der Waals surface area contributed by atoms with E-state index >= 15 is 0 Å². The second-order valence-electron chi connectivity index (χ2n) is 10.1. The molecule has 1 N–H and O–H groups in total. The predicted octanol–water partition coefficient (Wildman–Crippen LogP) is 4.58. The minimum absolute atomic E-state index is 0.0918. The van der Waals surface area contributed by atoms with Crippen LogP contribution in [0.5, 0.6) is 5.75 Å². The Hall–Kier alpha value is -3.85. The Balaban J connectivity index is 2.09. The molecule has 0 aliphatic heterocycles. The van der Waals surface area contributed by atoms with Crippen molar-refractivity contribution in [1.82, 2.24) is 10.2 Å². The zero-order chi connectivity index (χ0) is 30.0. The molecular weight excluding hydrogens is 538 g/mol. The van der Waals surface area contributed by atoms with Gasteiger partial charge in [-0.25, -0.2) is 8.42 Å². The highest BCUT2D eigenvalue weighted by Crippen LogP contribution is 2.25. The van der Waals surface area contributed by atoms with Crippen molar-refractivity contribution in [2.24, 2.45) is 0 Å². The number of carbonyl (C=O) groups excluding carboxylic acids is 2. The second-order valence-corrected chi connectivity index (χ2v) is 12.1. The Kier molecular flexibility index (Phi) is 11.3. The summed E-state index contributed by atoms with van der Waals surface area (Å²) in [5.41, 5.74) is 2.90. The number of nitrogens with zero attached hydrogens (tertiary/aromatic N) is 2. The molecular formula is C32H41N3O5S. The number of hydrogen-bond donors (Lipinski definition) is 1. The first-order valence-corrected chi connectivity index (χ1v) is 15.7.